The molecule has 1 atom stereocenters. The van der Waals surface area contributed by atoms with Gasteiger partial charge >= 0.3 is 0 Å². The summed E-state index contributed by atoms with van der Waals surface area (Å²) >= 11 is 0. The number of aryl methyl sites for hydroxylation is 2. The Kier molecular flexibility index (Phi) is 3.82. The van der Waals surface area contributed by atoms with Gasteiger partial charge in [-0.15, -0.1) is 0 Å². The Morgan fingerprint density at radius 3 is 2.72 bits per heavy atom. The molecule has 1 N–H and O–H groups in total. The second-order valence-electron chi connectivity index (χ2n) is 6.82. The van der Waals surface area contributed by atoms with E-state index in [1.54, 1.807) is 5.56 Å². The molecule has 1 heteroatoms. The van der Waals surface area contributed by atoms with E-state index in [1.807, 2.05) is 0 Å². The smallest absolute Gasteiger partial charge is 0.0326 e. The summed E-state index contributed by atoms with van der Waals surface area (Å²) in [5.74, 6) is 0.711. The minimum Gasteiger partial charge on any atom is -0.309 e. The van der Waals surface area contributed by atoms with Gasteiger partial charge in [-0.05, 0) is 42.2 Å². The van der Waals surface area contributed by atoms with Gasteiger partial charge in [0.15, 0.2) is 0 Å². The second kappa shape index (κ2) is 5.05. The number of benzene rings is 1. The fraction of sp³-hybridized carbons (Fsp3) is 0.647. The van der Waals surface area contributed by atoms with Crippen molar-refractivity contribution in [3.8, 4) is 0 Å². The lowest BCUT2D eigenvalue weighted by atomic mass is 9.81. The van der Waals surface area contributed by atoms with Gasteiger partial charge < -0.3 is 5.32 Å². The average Bonchev–Trinajstić information content (AvgIpc) is 2.68. The Labute approximate surface area is 112 Å². The maximum atomic E-state index is 3.79. The highest BCUT2D eigenvalue weighted by molar-refractivity contribution is 5.37. The Morgan fingerprint density at radius 1 is 1.33 bits per heavy atom. The van der Waals surface area contributed by atoms with Gasteiger partial charge in [-0.3, -0.25) is 0 Å². The Balaban J connectivity index is 2.04. The third-order valence-corrected chi connectivity index (χ3v) is 4.75. The summed E-state index contributed by atoms with van der Waals surface area (Å²) in [5, 5.41) is 3.79. The average molecular weight is 245 g/mol. The van der Waals surface area contributed by atoms with Gasteiger partial charge in [0, 0.05) is 12.6 Å². The molecule has 0 heterocycles. The summed E-state index contributed by atoms with van der Waals surface area (Å²) in [6, 6.07) is 7.47. The maximum absolute atomic E-state index is 3.79. The summed E-state index contributed by atoms with van der Waals surface area (Å²) < 4.78 is 0. The van der Waals surface area contributed by atoms with Crippen LogP contribution in [0.1, 0.15) is 56.8 Å². The molecule has 0 saturated heterocycles. The predicted molar refractivity (Wildman–Crippen MR) is 78.9 cm³/mol. The molecule has 1 aliphatic carbocycles. The molecular weight excluding hydrogens is 218 g/mol. The van der Waals surface area contributed by atoms with E-state index >= 15 is 0 Å². The van der Waals surface area contributed by atoms with Crippen molar-refractivity contribution >= 4 is 0 Å². The molecule has 18 heavy (non-hydrogen) atoms. The Bertz CT molecular complexity index is 418. The van der Waals surface area contributed by atoms with Crippen LogP contribution in [0.15, 0.2) is 18.2 Å². The predicted octanol–water partition coefficient (Wildman–Crippen LogP) is 4.25. The zero-order valence-electron chi connectivity index (χ0n) is 12.5. The first-order valence-corrected chi connectivity index (χ1v) is 7.23. The molecule has 1 aromatic rings. The van der Waals surface area contributed by atoms with Gasteiger partial charge in [0.05, 0.1) is 0 Å². The monoisotopic (exact) mass is 245 g/mol. The molecule has 2 rings (SSSR count). The van der Waals surface area contributed by atoms with E-state index in [0.29, 0.717) is 17.4 Å². The SMILES string of the molecule is Cc1ccc2c(c1)C(NCC(C)(C)C(C)C)CC2. The largest absolute Gasteiger partial charge is 0.309 e. The summed E-state index contributed by atoms with van der Waals surface area (Å²) in [5.41, 5.74) is 4.83. The van der Waals surface area contributed by atoms with Gasteiger partial charge in [-0.25, -0.2) is 0 Å². The van der Waals surface area contributed by atoms with Gasteiger partial charge in [-0.2, -0.15) is 0 Å². The van der Waals surface area contributed by atoms with Crippen LogP contribution in [0.4, 0.5) is 0 Å². The van der Waals surface area contributed by atoms with E-state index < -0.39 is 0 Å². The van der Waals surface area contributed by atoms with Crippen LogP contribution in [-0.2, 0) is 6.42 Å². The number of rotatable bonds is 4. The van der Waals surface area contributed by atoms with Crippen molar-refractivity contribution in [2.24, 2.45) is 11.3 Å². The quantitative estimate of drug-likeness (QED) is 0.836. The van der Waals surface area contributed by atoms with Gasteiger partial charge in [0.2, 0.25) is 0 Å². The first-order valence-electron chi connectivity index (χ1n) is 7.23. The zero-order valence-corrected chi connectivity index (χ0v) is 12.5. The van der Waals surface area contributed by atoms with Crippen LogP contribution in [0.2, 0.25) is 0 Å². The molecule has 0 amide bonds. The fourth-order valence-electron chi connectivity index (χ4n) is 2.52. The minimum atomic E-state index is 0.368. The summed E-state index contributed by atoms with van der Waals surface area (Å²) in [6.07, 6.45) is 2.49. The van der Waals surface area contributed by atoms with Crippen molar-refractivity contribution in [2.45, 2.75) is 53.5 Å². The summed E-state index contributed by atoms with van der Waals surface area (Å²) in [6.45, 7) is 12.6. The highest BCUT2D eigenvalue weighted by atomic mass is 14.9. The summed E-state index contributed by atoms with van der Waals surface area (Å²) in [4.78, 5) is 0. The van der Waals surface area contributed by atoms with Crippen LogP contribution in [0, 0.1) is 18.3 Å². The van der Waals surface area contributed by atoms with Crippen LogP contribution in [0.5, 0.6) is 0 Å². The topological polar surface area (TPSA) is 12.0 Å². The highest BCUT2D eigenvalue weighted by Gasteiger charge is 2.27. The second-order valence-corrected chi connectivity index (χ2v) is 6.82. The van der Waals surface area contributed by atoms with Crippen molar-refractivity contribution in [3.05, 3.63) is 34.9 Å². The molecule has 1 aliphatic rings. The van der Waals surface area contributed by atoms with Gasteiger partial charge in [-0.1, -0.05) is 51.5 Å². The van der Waals surface area contributed by atoms with E-state index in [2.05, 4.69) is 58.1 Å². The molecule has 100 valence electrons. The molecule has 0 fully saturated rings. The molecule has 1 aromatic carbocycles. The molecule has 1 unspecified atom stereocenters. The lowest BCUT2D eigenvalue weighted by Crippen LogP contribution is -2.35. The standard InChI is InChI=1S/C17H27N/c1-12(2)17(4,5)11-18-16-9-8-14-7-6-13(3)10-15(14)16/h6-7,10,12,16,18H,8-9,11H2,1-5H3. The molecule has 0 aromatic heterocycles. The number of fused-ring (bicyclic) bond motifs is 1. The van der Waals surface area contributed by atoms with Crippen molar-refractivity contribution in [1.82, 2.24) is 5.32 Å². The summed E-state index contributed by atoms with van der Waals surface area (Å²) in [7, 11) is 0. The van der Waals surface area contributed by atoms with Crippen molar-refractivity contribution in [2.75, 3.05) is 6.54 Å². The molecule has 0 aliphatic heterocycles. The van der Waals surface area contributed by atoms with Crippen molar-refractivity contribution in [1.29, 1.82) is 0 Å². The molecule has 0 bridgehead atoms. The van der Waals surface area contributed by atoms with Crippen LogP contribution in [0.3, 0.4) is 0 Å². The lowest BCUT2D eigenvalue weighted by molar-refractivity contribution is 0.228. The van der Waals surface area contributed by atoms with E-state index in [-0.39, 0.29) is 0 Å². The minimum absolute atomic E-state index is 0.368. The molecule has 1 nitrogen and oxygen atoms in total. The number of nitrogens with one attached hydrogen (secondary N) is 1. The van der Waals surface area contributed by atoms with E-state index in [4.69, 9.17) is 0 Å². The van der Waals surface area contributed by atoms with Crippen LogP contribution in [-0.4, -0.2) is 6.54 Å². The van der Waals surface area contributed by atoms with E-state index in [0.717, 1.165) is 6.54 Å². The van der Waals surface area contributed by atoms with Crippen LogP contribution in [0.25, 0.3) is 0 Å². The first-order chi connectivity index (χ1) is 8.40. The van der Waals surface area contributed by atoms with Crippen molar-refractivity contribution in [3.63, 3.8) is 0 Å². The first kappa shape index (κ1) is 13.6. The van der Waals surface area contributed by atoms with Crippen molar-refractivity contribution < 1.29 is 0 Å². The van der Waals surface area contributed by atoms with E-state index in [1.165, 1.54) is 24.0 Å². The molecule has 0 spiro atoms. The normalized spacial score (nSPS) is 19.3. The Morgan fingerprint density at radius 2 is 2.06 bits per heavy atom. The van der Waals surface area contributed by atoms with Gasteiger partial charge in [0.25, 0.3) is 0 Å². The number of hydrogen-bond donors (Lipinski definition) is 1. The fourth-order valence-corrected chi connectivity index (χ4v) is 2.52. The third kappa shape index (κ3) is 2.77. The van der Waals surface area contributed by atoms with Gasteiger partial charge in [0.1, 0.15) is 0 Å². The van der Waals surface area contributed by atoms with Crippen LogP contribution < -0.4 is 5.32 Å². The molecule has 0 radical (unpaired) electrons. The molecular formula is C17H27N. The zero-order chi connectivity index (χ0) is 13.3. The van der Waals surface area contributed by atoms with E-state index in [9.17, 15) is 0 Å². The van der Waals surface area contributed by atoms with Crippen LogP contribution >= 0.6 is 0 Å². The Hall–Kier alpha value is -0.820. The molecule has 0 saturated carbocycles. The maximum Gasteiger partial charge on any atom is 0.0326 e. The third-order valence-electron chi connectivity index (χ3n) is 4.75. The highest BCUT2D eigenvalue weighted by Crippen LogP contribution is 2.33. The number of hydrogen-bond acceptors (Lipinski definition) is 1. The lowest BCUT2D eigenvalue weighted by Gasteiger charge is -2.31.